The fourth-order valence-corrected chi connectivity index (χ4v) is 4.61. The van der Waals surface area contributed by atoms with E-state index in [-0.39, 0.29) is 27.7 Å². The third-order valence-corrected chi connectivity index (χ3v) is 6.33. The van der Waals surface area contributed by atoms with Crippen molar-refractivity contribution in [1.82, 2.24) is 14.1 Å². The average Bonchev–Trinajstić information content (AvgIpc) is 3.13. The number of aryl methyl sites for hydroxylation is 1. The number of nitrogens with one attached hydrogen (secondary N) is 1. The van der Waals surface area contributed by atoms with Crippen molar-refractivity contribution in [3.63, 3.8) is 0 Å². The van der Waals surface area contributed by atoms with Crippen LogP contribution in [-0.2, 0) is 12.1 Å². The molecule has 2 aromatic heterocycles. The van der Waals surface area contributed by atoms with E-state index in [0.29, 0.717) is 24.4 Å². The van der Waals surface area contributed by atoms with Gasteiger partial charge in [0.25, 0.3) is 0 Å². The first-order valence-electron chi connectivity index (χ1n) is 10.1. The Labute approximate surface area is 167 Å². The van der Waals surface area contributed by atoms with Gasteiger partial charge in [-0.15, -0.1) is 0 Å². The molecule has 8 heteroatoms. The van der Waals surface area contributed by atoms with E-state index in [0.717, 1.165) is 38.6 Å². The summed E-state index contributed by atoms with van der Waals surface area (Å²) in [5, 5.41) is 3.39. The zero-order chi connectivity index (χ0) is 20.0. The lowest BCUT2D eigenvalue weighted by Crippen LogP contribution is -2.41. The Bertz CT molecular complexity index is 1120. The molecule has 2 aliphatic rings. The first kappa shape index (κ1) is 18.0. The van der Waals surface area contributed by atoms with E-state index in [4.69, 9.17) is 10.5 Å². The van der Waals surface area contributed by atoms with Crippen molar-refractivity contribution in [2.45, 2.75) is 44.2 Å². The summed E-state index contributed by atoms with van der Waals surface area (Å²) < 4.78 is 25.3. The van der Waals surface area contributed by atoms with Crippen molar-refractivity contribution >= 4 is 22.3 Å². The molecule has 3 N–H and O–H groups in total. The van der Waals surface area contributed by atoms with Gasteiger partial charge >= 0.3 is 0 Å². The SMILES string of the molecule is Nc1c(F)c(NCCCn2ccnc2)c2c3c1c(=O)ccn3C1(CCC1)CCO2. The molecule has 0 radical (unpaired) electrons. The minimum absolute atomic E-state index is 0.0693. The van der Waals surface area contributed by atoms with Crippen LogP contribution >= 0.6 is 0 Å². The van der Waals surface area contributed by atoms with Crippen molar-refractivity contribution in [1.29, 1.82) is 0 Å². The Morgan fingerprint density at radius 3 is 2.90 bits per heavy atom. The Morgan fingerprint density at radius 1 is 1.31 bits per heavy atom. The lowest BCUT2D eigenvalue weighted by molar-refractivity contribution is 0.117. The summed E-state index contributed by atoms with van der Waals surface area (Å²) in [5.41, 5.74) is 6.53. The third kappa shape index (κ3) is 2.77. The number of halogens is 1. The number of pyridine rings is 1. The molecule has 3 aromatic rings. The largest absolute Gasteiger partial charge is 0.489 e. The predicted molar refractivity (Wildman–Crippen MR) is 110 cm³/mol. The monoisotopic (exact) mass is 397 g/mol. The van der Waals surface area contributed by atoms with E-state index in [1.807, 2.05) is 17.0 Å². The van der Waals surface area contributed by atoms with Crippen LogP contribution in [0.4, 0.5) is 15.8 Å². The van der Waals surface area contributed by atoms with E-state index >= 15 is 4.39 Å². The average molecular weight is 397 g/mol. The highest BCUT2D eigenvalue weighted by atomic mass is 19.1. The van der Waals surface area contributed by atoms with Crippen LogP contribution in [0, 0.1) is 5.82 Å². The third-order valence-electron chi connectivity index (χ3n) is 6.33. The zero-order valence-electron chi connectivity index (χ0n) is 16.2. The number of hydrogen-bond acceptors (Lipinski definition) is 5. The molecule has 0 unspecified atom stereocenters. The van der Waals surface area contributed by atoms with Gasteiger partial charge in [0, 0.05) is 49.7 Å². The molecule has 1 aliphatic heterocycles. The maximum atomic E-state index is 15.2. The van der Waals surface area contributed by atoms with Gasteiger partial charge in [0.1, 0.15) is 5.69 Å². The van der Waals surface area contributed by atoms with Crippen LogP contribution in [0.3, 0.4) is 0 Å². The van der Waals surface area contributed by atoms with Crippen LogP contribution in [0.25, 0.3) is 10.9 Å². The molecule has 29 heavy (non-hydrogen) atoms. The topological polar surface area (TPSA) is 87.1 Å². The Balaban J connectivity index is 1.57. The summed E-state index contributed by atoms with van der Waals surface area (Å²) in [6, 6.07) is 1.49. The summed E-state index contributed by atoms with van der Waals surface area (Å²) >= 11 is 0. The van der Waals surface area contributed by atoms with Gasteiger partial charge in [0.05, 0.1) is 29.5 Å². The summed E-state index contributed by atoms with van der Waals surface area (Å²) in [6.45, 7) is 1.79. The van der Waals surface area contributed by atoms with Crippen molar-refractivity contribution < 1.29 is 9.13 Å². The summed E-state index contributed by atoms with van der Waals surface area (Å²) in [7, 11) is 0. The number of aromatic nitrogens is 3. The molecule has 3 heterocycles. The molecule has 7 nitrogen and oxygen atoms in total. The first-order chi connectivity index (χ1) is 14.1. The summed E-state index contributed by atoms with van der Waals surface area (Å²) in [6.07, 6.45) is 12.0. The second-order valence-corrected chi connectivity index (χ2v) is 7.96. The van der Waals surface area contributed by atoms with E-state index in [2.05, 4.69) is 14.9 Å². The van der Waals surface area contributed by atoms with Crippen molar-refractivity contribution in [3.05, 3.63) is 47.0 Å². The number of nitrogens with zero attached hydrogens (tertiary/aromatic N) is 3. The number of benzene rings is 1. The quantitative estimate of drug-likeness (QED) is 0.510. The second-order valence-electron chi connectivity index (χ2n) is 7.96. The van der Waals surface area contributed by atoms with Gasteiger partial charge in [0.15, 0.2) is 17.0 Å². The van der Waals surface area contributed by atoms with Crippen LogP contribution < -0.4 is 21.2 Å². The normalized spacial score (nSPS) is 17.0. The molecule has 5 rings (SSSR count). The number of imidazole rings is 1. The Kier molecular flexibility index (Phi) is 4.22. The molecule has 0 bridgehead atoms. The van der Waals surface area contributed by atoms with Gasteiger partial charge in [-0.2, -0.15) is 0 Å². The van der Waals surface area contributed by atoms with Gasteiger partial charge in [-0.05, 0) is 25.7 Å². The fraction of sp³-hybridized carbons (Fsp3) is 0.429. The van der Waals surface area contributed by atoms with Crippen LogP contribution in [0.2, 0.25) is 0 Å². The van der Waals surface area contributed by atoms with Gasteiger partial charge in [-0.25, -0.2) is 9.37 Å². The minimum Gasteiger partial charge on any atom is -0.489 e. The van der Waals surface area contributed by atoms with Crippen LogP contribution in [0.1, 0.15) is 32.1 Å². The summed E-state index contributed by atoms with van der Waals surface area (Å²) in [5.74, 6) is -0.217. The minimum atomic E-state index is -0.616. The van der Waals surface area contributed by atoms with Crippen LogP contribution in [0.15, 0.2) is 35.8 Å². The highest BCUT2D eigenvalue weighted by Gasteiger charge is 2.42. The molecule has 152 valence electrons. The molecule has 0 amide bonds. The smallest absolute Gasteiger partial charge is 0.191 e. The summed E-state index contributed by atoms with van der Waals surface area (Å²) in [4.78, 5) is 16.6. The number of ether oxygens (including phenoxy) is 1. The second kappa shape index (κ2) is 6.79. The number of nitrogen functional groups attached to an aromatic ring is 1. The van der Waals surface area contributed by atoms with Crippen molar-refractivity contribution in [3.8, 4) is 5.75 Å². The van der Waals surface area contributed by atoms with Crippen molar-refractivity contribution in [2.24, 2.45) is 0 Å². The lowest BCUT2D eigenvalue weighted by Gasteiger charge is -2.43. The number of anilines is 2. The number of nitrogens with two attached hydrogens (primary N) is 1. The zero-order valence-corrected chi connectivity index (χ0v) is 16.2. The van der Waals surface area contributed by atoms with Crippen LogP contribution in [-0.4, -0.2) is 27.3 Å². The molecular weight excluding hydrogens is 373 g/mol. The molecular formula is C21H24FN5O2. The van der Waals surface area contributed by atoms with Gasteiger partial charge in [0.2, 0.25) is 0 Å². The molecule has 1 fully saturated rings. The van der Waals surface area contributed by atoms with Gasteiger partial charge < -0.3 is 24.9 Å². The van der Waals surface area contributed by atoms with Crippen molar-refractivity contribution in [2.75, 3.05) is 24.2 Å². The van der Waals surface area contributed by atoms with E-state index in [1.54, 1.807) is 12.5 Å². The van der Waals surface area contributed by atoms with Crippen LogP contribution in [0.5, 0.6) is 5.75 Å². The molecule has 0 saturated heterocycles. The van der Waals surface area contributed by atoms with E-state index in [9.17, 15) is 4.79 Å². The highest BCUT2D eigenvalue weighted by molar-refractivity contribution is 6.00. The highest BCUT2D eigenvalue weighted by Crippen LogP contribution is 2.49. The molecule has 1 aliphatic carbocycles. The molecule has 1 spiro atoms. The van der Waals surface area contributed by atoms with E-state index in [1.165, 1.54) is 6.07 Å². The van der Waals surface area contributed by atoms with Gasteiger partial charge in [-0.1, -0.05) is 0 Å². The Hall–Kier alpha value is -3.03. The fourth-order valence-electron chi connectivity index (χ4n) is 4.61. The lowest BCUT2D eigenvalue weighted by atomic mass is 9.74. The van der Waals surface area contributed by atoms with Gasteiger partial charge in [-0.3, -0.25) is 4.79 Å². The predicted octanol–water partition coefficient (Wildman–Crippen LogP) is 3.08. The first-order valence-corrected chi connectivity index (χ1v) is 10.1. The molecule has 0 atom stereocenters. The molecule has 1 aromatic carbocycles. The maximum absolute atomic E-state index is 15.2. The Morgan fingerprint density at radius 2 is 2.17 bits per heavy atom. The standard InChI is InChI=1S/C21H24FN5O2/c22-16-17(23)15-14(28)3-10-27-19(15)20(29-12-6-21(27)4-1-5-21)18(16)25-7-2-9-26-11-8-24-13-26/h3,8,10-11,13,25H,1-2,4-7,9,12,23H2. The molecule has 1 saturated carbocycles. The number of fused-ring (bicyclic) bond motifs is 1. The van der Waals surface area contributed by atoms with E-state index < -0.39 is 5.82 Å². The number of hydrogen-bond donors (Lipinski definition) is 2. The number of rotatable bonds is 5. The maximum Gasteiger partial charge on any atom is 0.191 e.